The number of aromatic nitrogens is 2. The fourth-order valence-electron chi connectivity index (χ4n) is 3.01. The Labute approximate surface area is 164 Å². The number of aryl methyl sites for hydroxylation is 1. The van der Waals surface area contributed by atoms with Crippen LogP contribution in [0.15, 0.2) is 47.5 Å². The highest BCUT2D eigenvalue weighted by Crippen LogP contribution is 2.27. The summed E-state index contributed by atoms with van der Waals surface area (Å²) in [6.45, 7) is 5.00. The molecule has 0 aliphatic heterocycles. The Kier molecular flexibility index (Phi) is 6.42. The molecule has 146 valence electrons. The van der Waals surface area contributed by atoms with Crippen molar-refractivity contribution in [3.63, 3.8) is 0 Å². The number of ether oxygens (including phenoxy) is 1. The highest BCUT2D eigenvalue weighted by molar-refractivity contribution is 5.98. The highest BCUT2D eigenvalue weighted by atomic mass is 16.5. The van der Waals surface area contributed by atoms with Crippen molar-refractivity contribution < 1.29 is 9.53 Å². The van der Waals surface area contributed by atoms with Crippen molar-refractivity contribution in [2.45, 2.75) is 39.7 Å². The minimum Gasteiger partial charge on any atom is -0.491 e. The molecule has 3 aromatic rings. The Morgan fingerprint density at radius 2 is 2.11 bits per heavy atom. The number of pyridine rings is 2. The van der Waals surface area contributed by atoms with E-state index >= 15 is 0 Å². The van der Waals surface area contributed by atoms with Crippen LogP contribution >= 0.6 is 0 Å². The van der Waals surface area contributed by atoms with Gasteiger partial charge in [0.2, 0.25) is 0 Å². The van der Waals surface area contributed by atoms with Crippen LogP contribution in [-0.2, 0) is 6.54 Å². The maximum absolute atomic E-state index is 12.5. The predicted molar refractivity (Wildman–Crippen MR) is 110 cm³/mol. The van der Waals surface area contributed by atoms with Gasteiger partial charge in [-0.05, 0) is 36.6 Å². The zero-order chi connectivity index (χ0) is 19.9. The van der Waals surface area contributed by atoms with Gasteiger partial charge in [-0.1, -0.05) is 38.0 Å². The fourth-order valence-corrected chi connectivity index (χ4v) is 3.01. The zero-order valence-corrected chi connectivity index (χ0v) is 16.2. The number of hydrogen-bond acceptors (Lipinski definition) is 4. The molecule has 1 amide bonds. The maximum atomic E-state index is 12.5. The van der Waals surface area contributed by atoms with E-state index in [2.05, 4.69) is 22.2 Å². The molecular formula is C22H25N3O3. The normalized spacial score (nSPS) is 10.8. The van der Waals surface area contributed by atoms with Crippen LogP contribution in [0.3, 0.4) is 0 Å². The Hall–Kier alpha value is -3.15. The number of nitrogens with zero attached hydrogens (tertiary/aromatic N) is 1. The molecule has 0 spiro atoms. The SMILES string of the molecule is CCCCCOc1c(C)ccc2cc(C(=O)NCc3cccnc3)c(=O)[nH]c12. The fraction of sp³-hybridized carbons (Fsp3) is 0.318. The van der Waals surface area contributed by atoms with Gasteiger partial charge in [0.05, 0.1) is 12.1 Å². The molecule has 28 heavy (non-hydrogen) atoms. The van der Waals surface area contributed by atoms with Crippen molar-refractivity contribution in [1.82, 2.24) is 15.3 Å². The van der Waals surface area contributed by atoms with Crippen LogP contribution in [0.25, 0.3) is 10.9 Å². The summed E-state index contributed by atoms with van der Waals surface area (Å²) < 4.78 is 5.94. The average molecular weight is 379 g/mol. The van der Waals surface area contributed by atoms with Crippen molar-refractivity contribution in [2.24, 2.45) is 0 Å². The number of carbonyl (C=O) groups excluding carboxylic acids is 1. The van der Waals surface area contributed by atoms with E-state index in [-0.39, 0.29) is 5.56 Å². The largest absolute Gasteiger partial charge is 0.491 e. The Morgan fingerprint density at radius 3 is 2.86 bits per heavy atom. The summed E-state index contributed by atoms with van der Waals surface area (Å²) in [4.78, 5) is 31.9. The molecule has 0 fully saturated rings. The molecule has 0 aliphatic carbocycles. The van der Waals surface area contributed by atoms with E-state index < -0.39 is 11.5 Å². The lowest BCUT2D eigenvalue weighted by atomic mass is 10.1. The van der Waals surface area contributed by atoms with E-state index in [4.69, 9.17) is 4.74 Å². The Bertz CT molecular complexity index is 1010. The molecule has 6 nitrogen and oxygen atoms in total. The summed E-state index contributed by atoms with van der Waals surface area (Å²) in [6, 6.07) is 9.10. The van der Waals surface area contributed by atoms with Gasteiger partial charge in [0.25, 0.3) is 11.5 Å². The zero-order valence-electron chi connectivity index (χ0n) is 16.2. The number of aromatic amines is 1. The average Bonchev–Trinajstić information content (AvgIpc) is 2.71. The highest BCUT2D eigenvalue weighted by Gasteiger charge is 2.15. The van der Waals surface area contributed by atoms with E-state index in [1.807, 2.05) is 25.1 Å². The summed E-state index contributed by atoms with van der Waals surface area (Å²) in [5.74, 6) is 0.256. The molecule has 0 bridgehead atoms. The van der Waals surface area contributed by atoms with Gasteiger partial charge in [0.1, 0.15) is 11.3 Å². The number of unbranched alkanes of at least 4 members (excludes halogenated alkanes) is 2. The molecule has 3 rings (SSSR count). The predicted octanol–water partition coefficient (Wildman–Crippen LogP) is 3.73. The minimum absolute atomic E-state index is 0.0807. The summed E-state index contributed by atoms with van der Waals surface area (Å²) in [5.41, 5.74) is 2.10. The van der Waals surface area contributed by atoms with Crippen LogP contribution in [0.5, 0.6) is 5.75 Å². The van der Waals surface area contributed by atoms with E-state index in [1.165, 1.54) is 0 Å². The van der Waals surface area contributed by atoms with Gasteiger partial charge in [0.15, 0.2) is 0 Å². The monoisotopic (exact) mass is 379 g/mol. The third-order valence-electron chi connectivity index (χ3n) is 4.58. The number of carbonyl (C=O) groups is 1. The number of hydrogen-bond donors (Lipinski definition) is 2. The summed E-state index contributed by atoms with van der Waals surface area (Å²) in [5, 5.41) is 3.53. The first kappa shape index (κ1) is 19.6. The molecule has 2 N–H and O–H groups in total. The van der Waals surface area contributed by atoms with Crippen LogP contribution in [0.4, 0.5) is 0 Å². The third kappa shape index (κ3) is 4.57. The topological polar surface area (TPSA) is 84.1 Å². The second-order valence-corrected chi connectivity index (χ2v) is 6.79. The van der Waals surface area contributed by atoms with Crippen molar-refractivity contribution in [3.05, 3.63) is 69.8 Å². The molecule has 6 heteroatoms. The molecule has 0 radical (unpaired) electrons. The first-order valence-electron chi connectivity index (χ1n) is 9.56. The quantitative estimate of drug-likeness (QED) is 0.584. The lowest BCUT2D eigenvalue weighted by molar-refractivity contribution is 0.0949. The molecule has 2 aromatic heterocycles. The Balaban J connectivity index is 1.83. The first-order valence-corrected chi connectivity index (χ1v) is 9.56. The van der Waals surface area contributed by atoms with E-state index in [9.17, 15) is 9.59 Å². The molecular weight excluding hydrogens is 354 g/mol. The van der Waals surface area contributed by atoms with Gasteiger partial charge in [-0.25, -0.2) is 0 Å². The Morgan fingerprint density at radius 1 is 1.25 bits per heavy atom. The molecule has 2 heterocycles. The number of amides is 1. The summed E-state index contributed by atoms with van der Waals surface area (Å²) >= 11 is 0. The van der Waals surface area contributed by atoms with Crippen LogP contribution in [-0.4, -0.2) is 22.5 Å². The molecule has 0 saturated heterocycles. The second-order valence-electron chi connectivity index (χ2n) is 6.79. The van der Waals surface area contributed by atoms with E-state index in [0.717, 1.165) is 35.8 Å². The number of benzene rings is 1. The van der Waals surface area contributed by atoms with Crippen LogP contribution in [0.1, 0.15) is 47.7 Å². The number of rotatable bonds is 8. The summed E-state index contributed by atoms with van der Waals surface area (Å²) in [7, 11) is 0. The summed E-state index contributed by atoms with van der Waals surface area (Å²) in [6.07, 6.45) is 6.53. The third-order valence-corrected chi connectivity index (χ3v) is 4.58. The van der Waals surface area contributed by atoms with Crippen molar-refractivity contribution in [2.75, 3.05) is 6.61 Å². The maximum Gasteiger partial charge on any atom is 0.261 e. The second kappa shape index (κ2) is 9.17. The van der Waals surface area contributed by atoms with Crippen LogP contribution in [0, 0.1) is 6.92 Å². The van der Waals surface area contributed by atoms with Crippen molar-refractivity contribution >= 4 is 16.8 Å². The van der Waals surface area contributed by atoms with Crippen LogP contribution in [0.2, 0.25) is 0 Å². The lowest BCUT2D eigenvalue weighted by Crippen LogP contribution is -2.29. The standard InChI is InChI=1S/C22H25N3O3/c1-3-4-5-11-28-20-15(2)8-9-17-12-18(22(27)25-19(17)20)21(26)24-14-16-7-6-10-23-13-16/h6-10,12-13H,3-5,11,14H2,1-2H3,(H,24,26)(H,25,27). The first-order chi connectivity index (χ1) is 13.6. The molecule has 1 aromatic carbocycles. The van der Waals surface area contributed by atoms with E-state index in [0.29, 0.717) is 24.4 Å². The molecule has 0 atom stereocenters. The number of fused-ring (bicyclic) bond motifs is 1. The van der Waals surface area contributed by atoms with Gasteiger partial charge in [-0.2, -0.15) is 0 Å². The number of H-pyrrole nitrogens is 1. The van der Waals surface area contributed by atoms with Crippen LogP contribution < -0.4 is 15.6 Å². The van der Waals surface area contributed by atoms with Gasteiger partial charge < -0.3 is 15.0 Å². The van der Waals surface area contributed by atoms with E-state index in [1.54, 1.807) is 24.5 Å². The van der Waals surface area contributed by atoms with Gasteiger partial charge in [-0.15, -0.1) is 0 Å². The number of nitrogens with one attached hydrogen (secondary N) is 2. The van der Waals surface area contributed by atoms with Crippen molar-refractivity contribution in [1.29, 1.82) is 0 Å². The van der Waals surface area contributed by atoms with Gasteiger partial charge >= 0.3 is 0 Å². The lowest BCUT2D eigenvalue weighted by Gasteiger charge is -2.13. The smallest absolute Gasteiger partial charge is 0.261 e. The molecule has 0 aliphatic rings. The molecule has 0 unspecified atom stereocenters. The minimum atomic E-state index is -0.430. The van der Waals surface area contributed by atoms with Gasteiger partial charge in [-0.3, -0.25) is 14.6 Å². The van der Waals surface area contributed by atoms with Gasteiger partial charge in [0, 0.05) is 24.3 Å². The van der Waals surface area contributed by atoms with Crippen molar-refractivity contribution in [3.8, 4) is 5.75 Å². The molecule has 0 saturated carbocycles.